The van der Waals surface area contributed by atoms with Gasteiger partial charge in [-0.2, -0.15) is 0 Å². The van der Waals surface area contributed by atoms with Gasteiger partial charge in [0.1, 0.15) is 5.75 Å². The SMILES string of the molecule is COc1c2c(nc3occc13)C(=NC(C)=O)C[C@H]1C(C)(C)CC(=O)[C@@]21OC. The van der Waals surface area contributed by atoms with Crippen molar-refractivity contribution in [1.82, 2.24) is 4.98 Å². The Bertz CT molecular complexity index is 1000. The Balaban J connectivity index is 2.16. The summed E-state index contributed by atoms with van der Waals surface area (Å²) in [5, 5.41) is 0.660. The minimum absolute atomic E-state index is 0.00827. The summed E-state index contributed by atoms with van der Waals surface area (Å²) >= 11 is 0. The Morgan fingerprint density at radius 1 is 1.37 bits per heavy atom. The first kappa shape index (κ1) is 17.9. The summed E-state index contributed by atoms with van der Waals surface area (Å²) < 4.78 is 17.1. The lowest BCUT2D eigenvalue weighted by Crippen LogP contribution is -2.47. The minimum Gasteiger partial charge on any atom is -0.495 e. The molecule has 0 radical (unpaired) electrons. The number of Topliss-reactive ketones (excluding diaryl/α,β-unsaturated/α-hetero) is 1. The second kappa shape index (κ2) is 5.73. The third kappa shape index (κ3) is 2.24. The molecule has 0 spiro atoms. The smallest absolute Gasteiger partial charge is 0.242 e. The number of aliphatic imine (C=N–C) groups is 1. The van der Waals surface area contributed by atoms with Gasteiger partial charge in [0.15, 0.2) is 11.4 Å². The molecule has 2 atom stereocenters. The highest BCUT2D eigenvalue weighted by Crippen LogP contribution is 2.60. The van der Waals surface area contributed by atoms with Gasteiger partial charge in [0.05, 0.1) is 35.7 Å². The summed E-state index contributed by atoms with van der Waals surface area (Å²) in [6.45, 7) is 5.49. The fourth-order valence-corrected chi connectivity index (χ4v) is 4.81. The van der Waals surface area contributed by atoms with Crippen molar-refractivity contribution < 1.29 is 23.5 Å². The molecule has 1 saturated carbocycles. The molecule has 1 amide bonds. The summed E-state index contributed by atoms with van der Waals surface area (Å²) in [4.78, 5) is 33.9. The number of aromatic nitrogens is 1. The number of hydrogen-bond acceptors (Lipinski definition) is 6. The van der Waals surface area contributed by atoms with Crippen LogP contribution in [0.1, 0.15) is 44.9 Å². The molecular formula is C20H22N2O5. The van der Waals surface area contributed by atoms with Gasteiger partial charge in [-0.3, -0.25) is 9.59 Å². The summed E-state index contributed by atoms with van der Waals surface area (Å²) in [7, 11) is 3.09. The van der Waals surface area contributed by atoms with Crippen LogP contribution in [0.25, 0.3) is 11.1 Å². The first-order valence-electron chi connectivity index (χ1n) is 8.89. The van der Waals surface area contributed by atoms with Crippen molar-refractivity contribution in [3.63, 3.8) is 0 Å². The van der Waals surface area contributed by atoms with Gasteiger partial charge < -0.3 is 13.9 Å². The average Bonchev–Trinajstić information content (AvgIpc) is 3.13. The van der Waals surface area contributed by atoms with E-state index in [1.807, 2.05) is 13.8 Å². The maximum absolute atomic E-state index is 13.3. The lowest BCUT2D eigenvalue weighted by atomic mass is 9.66. The number of carbonyl (C=O) groups is 2. The van der Waals surface area contributed by atoms with E-state index in [-0.39, 0.29) is 23.0 Å². The molecule has 2 heterocycles. The third-order valence-corrected chi connectivity index (χ3v) is 5.89. The number of pyridine rings is 1. The normalized spacial score (nSPS) is 27.7. The number of furan rings is 1. The van der Waals surface area contributed by atoms with Crippen molar-refractivity contribution in [2.45, 2.75) is 39.2 Å². The van der Waals surface area contributed by atoms with E-state index < -0.39 is 5.60 Å². The van der Waals surface area contributed by atoms with Gasteiger partial charge in [-0.05, 0) is 17.9 Å². The molecule has 142 valence electrons. The number of nitrogens with zero attached hydrogens (tertiary/aromatic N) is 2. The van der Waals surface area contributed by atoms with Crippen LogP contribution in [0.2, 0.25) is 0 Å². The fourth-order valence-electron chi connectivity index (χ4n) is 4.81. The molecule has 7 heteroatoms. The van der Waals surface area contributed by atoms with Gasteiger partial charge in [-0.1, -0.05) is 13.8 Å². The number of ether oxygens (including phenoxy) is 2. The van der Waals surface area contributed by atoms with E-state index in [2.05, 4.69) is 9.98 Å². The zero-order valence-corrected chi connectivity index (χ0v) is 16.1. The van der Waals surface area contributed by atoms with E-state index in [0.29, 0.717) is 46.7 Å². The number of rotatable bonds is 2. The first-order valence-corrected chi connectivity index (χ1v) is 8.89. The Morgan fingerprint density at radius 2 is 2.11 bits per heavy atom. The zero-order chi connectivity index (χ0) is 19.6. The molecule has 4 rings (SSSR count). The summed E-state index contributed by atoms with van der Waals surface area (Å²) in [5.74, 6) is -0.0277. The van der Waals surface area contributed by atoms with Crippen LogP contribution in [0.15, 0.2) is 21.7 Å². The van der Waals surface area contributed by atoms with Crippen molar-refractivity contribution in [1.29, 1.82) is 0 Å². The Hall–Kier alpha value is -2.54. The molecule has 0 aliphatic heterocycles. The van der Waals surface area contributed by atoms with E-state index in [0.717, 1.165) is 0 Å². The average molecular weight is 370 g/mol. The van der Waals surface area contributed by atoms with E-state index >= 15 is 0 Å². The lowest BCUT2D eigenvalue weighted by Gasteiger charge is -2.42. The predicted octanol–water partition coefficient (Wildman–Crippen LogP) is 3.03. The maximum Gasteiger partial charge on any atom is 0.242 e. The zero-order valence-electron chi connectivity index (χ0n) is 16.1. The Morgan fingerprint density at radius 3 is 2.74 bits per heavy atom. The molecule has 7 nitrogen and oxygen atoms in total. The molecule has 0 unspecified atom stereocenters. The van der Waals surface area contributed by atoms with Crippen LogP contribution >= 0.6 is 0 Å². The van der Waals surface area contributed by atoms with Gasteiger partial charge >= 0.3 is 0 Å². The summed E-state index contributed by atoms with van der Waals surface area (Å²) in [6, 6.07) is 1.75. The number of amides is 1. The molecule has 27 heavy (non-hydrogen) atoms. The van der Waals surface area contributed by atoms with Crippen molar-refractivity contribution in [2.75, 3.05) is 14.2 Å². The van der Waals surface area contributed by atoms with E-state index in [1.54, 1.807) is 20.3 Å². The van der Waals surface area contributed by atoms with Crippen molar-refractivity contribution in [3.8, 4) is 5.75 Å². The standard InChI is InChI=1S/C20H22N2O5/c1-10(23)21-12-8-13-19(2,3)9-14(24)20(13,26-5)15-16(12)22-18-11(6-7-27-18)17(15)25-4/h6-7,13H,8-9H2,1-5H3/t13-,20+/m0/s1. The number of methoxy groups -OCH3 is 2. The quantitative estimate of drug-likeness (QED) is 0.807. The van der Waals surface area contributed by atoms with Crippen LogP contribution < -0.4 is 4.74 Å². The van der Waals surface area contributed by atoms with Gasteiger partial charge in [-0.15, -0.1) is 0 Å². The van der Waals surface area contributed by atoms with E-state index in [1.165, 1.54) is 13.2 Å². The molecule has 2 aromatic rings. The topological polar surface area (TPSA) is 91.0 Å². The summed E-state index contributed by atoms with van der Waals surface area (Å²) in [5.41, 5.74) is 0.393. The van der Waals surface area contributed by atoms with Crippen molar-refractivity contribution in [3.05, 3.63) is 23.6 Å². The third-order valence-electron chi connectivity index (χ3n) is 5.89. The summed E-state index contributed by atoms with van der Waals surface area (Å²) in [6.07, 6.45) is 2.30. The van der Waals surface area contributed by atoms with Gasteiger partial charge in [-0.25, -0.2) is 9.98 Å². The van der Waals surface area contributed by atoms with Gasteiger partial charge in [0.25, 0.3) is 0 Å². The van der Waals surface area contributed by atoms with Crippen LogP contribution in [-0.2, 0) is 19.9 Å². The fraction of sp³-hybridized carbons (Fsp3) is 0.500. The highest BCUT2D eigenvalue weighted by atomic mass is 16.5. The molecule has 2 aromatic heterocycles. The van der Waals surface area contributed by atoms with Crippen molar-refractivity contribution in [2.24, 2.45) is 16.3 Å². The molecule has 0 aromatic carbocycles. The van der Waals surface area contributed by atoms with Crippen LogP contribution in [0, 0.1) is 11.3 Å². The Kier molecular flexibility index (Phi) is 3.79. The lowest BCUT2D eigenvalue weighted by molar-refractivity contribution is -0.143. The molecule has 0 N–H and O–H groups in total. The highest BCUT2D eigenvalue weighted by molar-refractivity contribution is 6.12. The van der Waals surface area contributed by atoms with Crippen molar-refractivity contribution >= 4 is 28.5 Å². The second-order valence-electron chi connectivity index (χ2n) is 7.87. The second-order valence-corrected chi connectivity index (χ2v) is 7.87. The van der Waals surface area contributed by atoms with Crippen LogP contribution in [0.4, 0.5) is 0 Å². The minimum atomic E-state index is -1.18. The highest BCUT2D eigenvalue weighted by Gasteiger charge is 2.64. The van der Waals surface area contributed by atoms with Gasteiger partial charge in [0, 0.05) is 26.4 Å². The van der Waals surface area contributed by atoms with Crippen LogP contribution in [0.5, 0.6) is 5.75 Å². The molecule has 1 fully saturated rings. The van der Waals surface area contributed by atoms with E-state index in [9.17, 15) is 9.59 Å². The van der Waals surface area contributed by atoms with E-state index in [4.69, 9.17) is 13.9 Å². The maximum atomic E-state index is 13.3. The molecular weight excluding hydrogens is 348 g/mol. The number of ketones is 1. The largest absolute Gasteiger partial charge is 0.495 e. The number of hydrogen-bond donors (Lipinski definition) is 0. The Labute approximate surface area is 156 Å². The number of fused-ring (bicyclic) bond motifs is 4. The monoisotopic (exact) mass is 370 g/mol. The number of carbonyl (C=O) groups excluding carboxylic acids is 2. The first-order chi connectivity index (χ1) is 12.8. The molecule has 2 aliphatic rings. The molecule has 0 bridgehead atoms. The molecule has 0 saturated heterocycles. The predicted molar refractivity (Wildman–Crippen MR) is 98.0 cm³/mol. The van der Waals surface area contributed by atoms with Crippen LogP contribution in [0.3, 0.4) is 0 Å². The van der Waals surface area contributed by atoms with Crippen LogP contribution in [-0.4, -0.2) is 36.6 Å². The molecule has 2 aliphatic carbocycles. The van der Waals surface area contributed by atoms with Gasteiger partial charge in [0.2, 0.25) is 11.6 Å².